The van der Waals surface area contributed by atoms with Crippen LogP contribution in [-0.2, 0) is 17.6 Å². The molecule has 0 radical (unpaired) electrons. The van der Waals surface area contributed by atoms with E-state index >= 15 is 0 Å². The number of hydrogen-bond donors (Lipinski definition) is 0. The standard InChI is InChI=1S/C21H22N4O2/c1-25(18-10-4-7-15-6-2-3-9-17(15)18)20(26)12-11-19-23-21(24-27-19)16-8-5-13-22-14-16/h2-3,5-6,8-9,13-14,18H,4,7,10-12H2,1H3/t18-/m1/s1. The highest BCUT2D eigenvalue weighted by Gasteiger charge is 2.26. The van der Waals surface area contributed by atoms with Crippen molar-refractivity contribution in [2.24, 2.45) is 0 Å². The summed E-state index contributed by atoms with van der Waals surface area (Å²) in [4.78, 5) is 23.0. The van der Waals surface area contributed by atoms with E-state index in [9.17, 15) is 4.79 Å². The first-order valence-corrected chi connectivity index (χ1v) is 9.29. The number of fused-ring (bicyclic) bond motifs is 1. The van der Waals surface area contributed by atoms with Crippen LogP contribution in [0.2, 0.25) is 0 Å². The molecule has 0 saturated heterocycles. The Bertz CT molecular complexity index is 923. The molecule has 1 atom stereocenters. The monoisotopic (exact) mass is 362 g/mol. The van der Waals surface area contributed by atoms with Crippen LogP contribution in [0, 0.1) is 0 Å². The molecule has 4 rings (SSSR count). The highest BCUT2D eigenvalue weighted by Crippen LogP contribution is 2.33. The molecule has 27 heavy (non-hydrogen) atoms. The van der Waals surface area contributed by atoms with Crippen molar-refractivity contribution < 1.29 is 9.32 Å². The molecule has 1 aromatic carbocycles. The molecule has 1 aliphatic carbocycles. The summed E-state index contributed by atoms with van der Waals surface area (Å²) in [7, 11) is 1.89. The van der Waals surface area contributed by atoms with E-state index < -0.39 is 0 Å². The maximum absolute atomic E-state index is 12.7. The number of carbonyl (C=O) groups is 1. The van der Waals surface area contributed by atoms with Gasteiger partial charge in [0.2, 0.25) is 17.6 Å². The van der Waals surface area contributed by atoms with Crippen molar-refractivity contribution in [1.82, 2.24) is 20.0 Å². The Kier molecular flexibility index (Phi) is 4.96. The van der Waals surface area contributed by atoms with Crippen LogP contribution in [0.5, 0.6) is 0 Å². The summed E-state index contributed by atoms with van der Waals surface area (Å²) in [6, 6.07) is 12.3. The fraction of sp³-hybridized carbons (Fsp3) is 0.333. The van der Waals surface area contributed by atoms with Crippen LogP contribution in [0.25, 0.3) is 11.4 Å². The number of pyridine rings is 1. The van der Waals surface area contributed by atoms with Gasteiger partial charge in [-0.2, -0.15) is 4.98 Å². The summed E-state index contributed by atoms with van der Waals surface area (Å²) in [5.41, 5.74) is 3.43. The zero-order valence-electron chi connectivity index (χ0n) is 15.3. The van der Waals surface area contributed by atoms with Crippen LogP contribution in [0.1, 0.15) is 42.3 Å². The summed E-state index contributed by atoms with van der Waals surface area (Å²) in [6.07, 6.45) is 7.38. The van der Waals surface area contributed by atoms with E-state index in [0.29, 0.717) is 24.6 Å². The molecule has 0 spiro atoms. The number of aryl methyl sites for hydroxylation is 2. The maximum Gasteiger partial charge on any atom is 0.227 e. The minimum atomic E-state index is 0.0952. The Morgan fingerprint density at radius 1 is 1.26 bits per heavy atom. The molecular weight excluding hydrogens is 340 g/mol. The predicted molar refractivity (Wildman–Crippen MR) is 101 cm³/mol. The first kappa shape index (κ1) is 17.4. The fourth-order valence-corrected chi connectivity index (χ4v) is 3.66. The largest absolute Gasteiger partial charge is 0.339 e. The molecule has 0 aliphatic heterocycles. The second-order valence-corrected chi connectivity index (χ2v) is 6.86. The molecule has 2 aromatic heterocycles. The van der Waals surface area contributed by atoms with Crippen LogP contribution >= 0.6 is 0 Å². The van der Waals surface area contributed by atoms with Gasteiger partial charge in [-0.15, -0.1) is 0 Å². The Morgan fingerprint density at radius 2 is 2.15 bits per heavy atom. The molecule has 1 aliphatic rings. The van der Waals surface area contributed by atoms with Crippen LogP contribution < -0.4 is 0 Å². The van der Waals surface area contributed by atoms with E-state index in [2.05, 4.69) is 33.3 Å². The van der Waals surface area contributed by atoms with Gasteiger partial charge in [-0.1, -0.05) is 29.4 Å². The average Bonchev–Trinajstić information content (AvgIpc) is 3.21. The topological polar surface area (TPSA) is 72.1 Å². The Hall–Kier alpha value is -3.02. The number of hydrogen-bond acceptors (Lipinski definition) is 5. The summed E-state index contributed by atoms with van der Waals surface area (Å²) < 4.78 is 5.29. The van der Waals surface area contributed by atoms with Gasteiger partial charge < -0.3 is 9.42 Å². The van der Waals surface area contributed by atoms with Gasteiger partial charge >= 0.3 is 0 Å². The van der Waals surface area contributed by atoms with E-state index in [1.165, 1.54) is 11.1 Å². The van der Waals surface area contributed by atoms with Gasteiger partial charge in [0.25, 0.3) is 0 Å². The number of carbonyl (C=O) groups excluding carboxylic acids is 1. The molecule has 0 fully saturated rings. The lowest BCUT2D eigenvalue weighted by atomic mass is 9.87. The third kappa shape index (κ3) is 3.74. The summed E-state index contributed by atoms with van der Waals surface area (Å²) in [5.74, 6) is 1.07. The van der Waals surface area contributed by atoms with Crippen LogP contribution in [0.4, 0.5) is 0 Å². The van der Waals surface area contributed by atoms with Crippen LogP contribution in [0.3, 0.4) is 0 Å². The minimum Gasteiger partial charge on any atom is -0.339 e. The predicted octanol–water partition coefficient (Wildman–Crippen LogP) is 3.60. The van der Waals surface area contributed by atoms with E-state index in [1.807, 2.05) is 30.1 Å². The highest BCUT2D eigenvalue weighted by molar-refractivity contribution is 5.76. The first-order valence-electron chi connectivity index (χ1n) is 9.29. The molecule has 6 heteroatoms. The second-order valence-electron chi connectivity index (χ2n) is 6.86. The molecule has 1 amide bonds. The van der Waals surface area contributed by atoms with Gasteiger partial charge in [-0.05, 0) is 42.5 Å². The summed E-state index contributed by atoms with van der Waals surface area (Å²) >= 11 is 0. The maximum atomic E-state index is 12.7. The van der Waals surface area contributed by atoms with Crippen molar-refractivity contribution in [3.05, 3.63) is 65.8 Å². The Balaban J connectivity index is 1.39. The lowest BCUT2D eigenvalue weighted by molar-refractivity contribution is -0.132. The zero-order valence-corrected chi connectivity index (χ0v) is 15.3. The van der Waals surface area contributed by atoms with Gasteiger partial charge in [-0.25, -0.2) is 0 Å². The number of amides is 1. The molecule has 0 bridgehead atoms. The molecule has 3 aromatic rings. The van der Waals surface area contributed by atoms with Gasteiger partial charge in [0.15, 0.2) is 0 Å². The molecular formula is C21H22N4O2. The summed E-state index contributed by atoms with van der Waals surface area (Å²) in [6.45, 7) is 0. The number of rotatable bonds is 5. The summed E-state index contributed by atoms with van der Waals surface area (Å²) in [5, 5.41) is 3.98. The van der Waals surface area contributed by atoms with Gasteiger partial charge in [0, 0.05) is 37.8 Å². The van der Waals surface area contributed by atoms with E-state index in [1.54, 1.807) is 12.4 Å². The quantitative estimate of drug-likeness (QED) is 0.693. The molecule has 2 heterocycles. The van der Waals surface area contributed by atoms with Crippen molar-refractivity contribution in [3.63, 3.8) is 0 Å². The fourth-order valence-electron chi connectivity index (χ4n) is 3.66. The van der Waals surface area contributed by atoms with Gasteiger partial charge in [-0.3, -0.25) is 9.78 Å². The zero-order chi connectivity index (χ0) is 18.6. The van der Waals surface area contributed by atoms with Crippen molar-refractivity contribution in [2.75, 3.05) is 7.05 Å². The first-order chi connectivity index (χ1) is 13.2. The smallest absolute Gasteiger partial charge is 0.227 e. The van der Waals surface area contributed by atoms with E-state index in [0.717, 1.165) is 24.8 Å². The van der Waals surface area contributed by atoms with E-state index in [-0.39, 0.29) is 11.9 Å². The van der Waals surface area contributed by atoms with Crippen molar-refractivity contribution in [2.45, 2.75) is 38.1 Å². The van der Waals surface area contributed by atoms with Crippen molar-refractivity contribution in [3.8, 4) is 11.4 Å². The van der Waals surface area contributed by atoms with Crippen molar-refractivity contribution in [1.29, 1.82) is 0 Å². The van der Waals surface area contributed by atoms with Gasteiger partial charge in [0.05, 0.1) is 6.04 Å². The highest BCUT2D eigenvalue weighted by atomic mass is 16.5. The number of benzene rings is 1. The van der Waals surface area contributed by atoms with Crippen molar-refractivity contribution >= 4 is 5.91 Å². The average molecular weight is 362 g/mol. The van der Waals surface area contributed by atoms with Crippen LogP contribution in [0.15, 0.2) is 53.3 Å². The number of nitrogens with zero attached hydrogens (tertiary/aromatic N) is 4. The van der Waals surface area contributed by atoms with E-state index in [4.69, 9.17) is 4.52 Å². The SMILES string of the molecule is CN(C(=O)CCc1nc(-c2cccnc2)no1)[C@@H]1CCCc2ccccc21. The second kappa shape index (κ2) is 7.70. The Morgan fingerprint density at radius 3 is 3.00 bits per heavy atom. The lowest BCUT2D eigenvalue weighted by Gasteiger charge is -2.33. The number of aromatic nitrogens is 3. The lowest BCUT2D eigenvalue weighted by Crippen LogP contribution is -2.33. The Labute approximate surface area is 158 Å². The molecule has 0 N–H and O–H groups in total. The molecule has 6 nitrogen and oxygen atoms in total. The molecule has 138 valence electrons. The molecule has 0 saturated carbocycles. The molecule has 0 unspecified atom stereocenters. The normalized spacial score (nSPS) is 16.0. The van der Waals surface area contributed by atoms with Crippen LogP contribution in [-0.4, -0.2) is 33.0 Å². The minimum absolute atomic E-state index is 0.0952. The van der Waals surface area contributed by atoms with Gasteiger partial charge in [0.1, 0.15) is 0 Å². The third-order valence-electron chi connectivity index (χ3n) is 5.14. The third-order valence-corrected chi connectivity index (χ3v) is 5.14.